The lowest BCUT2D eigenvalue weighted by Gasteiger charge is -2.13. The van der Waals surface area contributed by atoms with Gasteiger partial charge in [-0.05, 0) is 0 Å². The maximum absolute atomic E-state index is 12.8. The van der Waals surface area contributed by atoms with Gasteiger partial charge in [-0.25, -0.2) is 31.5 Å². The number of hydrogen-bond donors (Lipinski definition) is 1. The number of aliphatic carboxylic acids is 1. The van der Waals surface area contributed by atoms with E-state index in [0.717, 1.165) is 0 Å². The lowest BCUT2D eigenvalue weighted by molar-refractivity contribution is -0.170. The van der Waals surface area contributed by atoms with Crippen LogP contribution in [0, 0.1) is 0 Å². The first-order valence-electron chi connectivity index (χ1n) is 4.16. The summed E-state index contributed by atoms with van der Waals surface area (Å²) >= 11 is 0. The molecule has 0 aromatic heterocycles. The molecule has 0 heterocycles. The number of carbonyl (C=O) groups excluding carboxylic acids is 1. The van der Waals surface area contributed by atoms with Crippen molar-refractivity contribution in [3.63, 3.8) is 0 Å². The van der Waals surface area contributed by atoms with E-state index in [2.05, 4.69) is 4.74 Å². The van der Waals surface area contributed by atoms with E-state index in [9.17, 15) is 35.9 Å². The highest BCUT2D eigenvalue weighted by molar-refractivity contribution is 5.96. The molecule has 0 amide bonds. The number of hydrogen-bond acceptors (Lipinski definition) is 3. The Morgan fingerprint density at radius 3 is 1.83 bits per heavy atom. The third-order valence-electron chi connectivity index (χ3n) is 1.45. The fourth-order valence-corrected chi connectivity index (χ4v) is 0.742. The molecule has 1 N–H and O–H groups in total. The Bertz CT molecular complexity index is 342. The normalized spacial score (nSPS) is 15.7. The van der Waals surface area contributed by atoms with Crippen LogP contribution in [0.25, 0.3) is 0 Å². The van der Waals surface area contributed by atoms with E-state index in [1.165, 1.54) is 0 Å². The molecule has 4 nitrogen and oxygen atoms in total. The molecule has 0 bridgehead atoms. The summed E-state index contributed by atoms with van der Waals surface area (Å²) < 4.78 is 75.4. The van der Waals surface area contributed by atoms with Crippen molar-refractivity contribution >= 4 is 11.9 Å². The lowest BCUT2D eigenvalue weighted by atomic mass is 10.1. The van der Waals surface area contributed by atoms with Crippen LogP contribution < -0.4 is 0 Å². The first-order chi connectivity index (χ1) is 8.16. The van der Waals surface area contributed by atoms with Crippen LogP contribution in [0.4, 0.5) is 26.3 Å². The molecule has 0 radical (unpaired) electrons. The van der Waals surface area contributed by atoms with Gasteiger partial charge in [-0.3, -0.25) is 0 Å². The van der Waals surface area contributed by atoms with E-state index >= 15 is 0 Å². The predicted octanol–water partition coefficient (Wildman–Crippen LogP) is 1.70. The molecule has 0 aromatic carbocycles. The van der Waals surface area contributed by atoms with Gasteiger partial charge in [0.05, 0.1) is 5.57 Å². The molecule has 2 atom stereocenters. The van der Waals surface area contributed by atoms with Gasteiger partial charge >= 0.3 is 24.7 Å². The Kier molecular flexibility index (Phi) is 6.20. The van der Waals surface area contributed by atoms with Gasteiger partial charge in [-0.15, -0.1) is 0 Å². The van der Waals surface area contributed by atoms with Crippen LogP contribution in [0.1, 0.15) is 0 Å². The first-order valence-corrected chi connectivity index (χ1v) is 4.16. The van der Waals surface area contributed by atoms with Crippen LogP contribution in [-0.4, -0.2) is 42.4 Å². The van der Waals surface area contributed by atoms with E-state index in [0.29, 0.717) is 0 Å². The number of alkyl halides is 6. The zero-order valence-electron chi connectivity index (χ0n) is 8.33. The second-order valence-corrected chi connectivity index (χ2v) is 2.77. The smallest absolute Gasteiger partial charge is 0.340 e. The van der Waals surface area contributed by atoms with Crippen LogP contribution in [0.15, 0.2) is 11.6 Å². The van der Waals surface area contributed by atoms with E-state index in [4.69, 9.17) is 5.11 Å². The van der Waals surface area contributed by atoms with E-state index < -0.39 is 42.9 Å². The fourth-order valence-electron chi connectivity index (χ4n) is 0.742. The predicted molar refractivity (Wildman–Crippen MR) is 43.6 cm³/mol. The molecule has 0 spiro atoms. The van der Waals surface area contributed by atoms with Crippen molar-refractivity contribution in [1.82, 2.24) is 0 Å². The lowest BCUT2D eigenvalue weighted by Crippen LogP contribution is -2.28. The molecule has 0 saturated carbocycles. The number of ether oxygens (including phenoxy) is 1. The van der Waals surface area contributed by atoms with Crippen LogP contribution in [-0.2, 0) is 14.3 Å². The summed E-state index contributed by atoms with van der Waals surface area (Å²) in [6.45, 7) is 0. The highest BCUT2D eigenvalue weighted by Crippen LogP contribution is 2.19. The van der Waals surface area contributed by atoms with Gasteiger partial charge in [0.15, 0.2) is 6.17 Å². The zero-order valence-corrected chi connectivity index (χ0v) is 8.33. The molecule has 0 aromatic rings. The van der Waals surface area contributed by atoms with Crippen LogP contribution in [0.3, 0.4) is 0 Å². The maximum Gasteiger partial charge on any atom is 0.340 e. The second-order valence-electron chi connectivity index (χ2n) is 2.77. The molecule has 0 aliphatic rings. The number of esters is 1. The Hall–Kier alpha value is -1.74. The minimum absolute atomic E-state index is 0.308. The molecule has 2 unspecified atom stereocenters. The Balaban J connectivity index is 4.99. The van der Waals surface area contributed by atoms with Crippen molar-refractivity contribution in [1.29, 1.82) is 0 Å². The van der Waals surface area contributed by atoms with E-state index in [1.807, 2.05) is 0 Å². The first kappa shape index (κ1) is 16.3. The molecular formula is C8H6F6O4. The van der Waals surface area contributed by atoms with Crippen molar-refractivity contribution < 1.29 is 45.8 Å². The number of carboxylic acid groups (broad SMARTS) is 1. The third kappa shape index (κ3) is 5.06. The maximum atomic E-state index is 12.8. The molecule has 18 heavy (non-hydrogen) atoms. The Morgan fingerprint density at radius 1 is 1.00 bits per heavy atom. The van der Waals surface area contributed by atoms with Crippen LogP contribution in [0.5, 0.6) is 0 Å². The largest absolute Gasteiger partial charge is 0.478 e. The Morgan fingerprint density at radius 2 is 1.50 bits per heavy atom. The molecule has 0 saturated heterocycles. The van der Waals surface area contributed by atoms with Gasteiger partial charge in [-0.1, -0.05) is 0 Å². The van der Waals surface area contributed by atoms with Crippen molar-refractivity contribution in [3.05, 3.63) is 11.6 Å². The van der Waals surface area contributed by atoms with Gasteiger partial charge in [0, 0.05) is 6.08 Å². The molecule has 10 heteroatoms. The SMILES string of the molecule is O=C(O)C=C(C(=O)OC(F)C(F)F)C(F)C(F)F. The average molecular weight is 280 g/mol. The molecule has 104 valence electrons. The summed E-state index contributed by atoms with van der Waals surface area (Å²) in [6, 6.07) is 0. The number of rotatable bonds is 6. The highest BCUT2D eigenvalue weighted by Gasteiger charge is 2.34. The van der Waals surface area contributed by atoms with Crippen molar-refractivity contribution in [3.8, 4) is 0 Å². The Labute approximate surface area is 95.8 Å². The quantitative estimate of drug-likeness (QED) is 0.457. The summed E-state index contributed by atoms with van der Waals surface area (Å²) in [7, 11) is 0. The molecule has 0 rings (SSSR count). The molecular weight excluding hydrogens is 274 g/mol. The van der Waals surface area contributed by atoms with Gasteiger partial charge in [0.1, 0.15) is 0 Å². The molecule has 0 aliphatic carbocycles. The number of halogens is 6. The summed E-state index contributed by atoms with van der Waals surface area (Å²) in [4.78, 5) is 21.0. The molecule has 0 fully saturated rings. The van der Waals surface area contributed by atoms with Crippen molar-refractivity contribution in [2.24, 2.45) is 0 Å². The monoisotopic (exact) mass is 280 g/mol. The van der Waals surface area contributed by atoms with Crippen LogP contribution in [0.2, 0.25) is 0 Å². The van der Waals surface area contributed by atoms with Crippen LogP contribution >= 0.6 is 0 Å². The van der Waals surface area contributed by atoms with E-state index in [1.54, 1.807) is 0 Å². The zero-order chi connectivity index (χ0) is 14.5. The van der Waals surface area contributed by atoms with Crippen molar-refractivity contribution in [2.45, 2.75) is 25.4 Å². The standard InChI is InChI=1S/C8H6F6O4/c9-4(5(10)11)2(1-3(15)16)8(17)18-7(14)6(12)13/h1,4-7H,(H,15,16). The minimum atomic E-state index is -3.80. The summed E-state index contributed by atoms with van der Waals surface area (Å²) in [5.74, 6) is -4.24. The van der Waals surface area contributed by atoms with Crippen molar-refractivity contribution in [2.75, 3.05) is 0 Å². The molecule has 0 aliphatic heterocycles. The fraction of sp³-hybridized carbons (Fsp3) is 0.500. The second kappa shape index (κ2) is 6.87. The van der Waals surface area contributed by atoms with Gasteiger partial charge in [0.2, 0.25) is 0 Å². The number of carbonyl (C=O) groups is 2. The highest BCUT2D eigenvalue weighted by atomic mass is 19.3. The van der Waals surface area contributed by atoms with Gasteiger partial charge in [0.25, 0.3) is 6.43 Å². The summed E-state index contributed by atoms with van der Waals surface area (Å²) in [5, 5.41) is 8.17. The minimum Gasteiger partial charge on any atom is -0.478 e. The summed E-state index contributed by atoms with van der Waals surface area (Å²) in [6.07, 6.45) is -14.7. The summed E-state index contributed by atoms with van der Waals surface area (Å²) in [5.41, 5.74) is -1.76. The van der Waals surface area contributed by atoms with Gasteiger partial charge < -0.3 is 9.84 Å². The van der Waals surface area contributed by atoms with E-state index in [-0.39, 0.29) is 6.08 Å². The topological polar surface area (TPSA) is 63.6 Å². The van der Waals surface area contributed by atoms with Gasteiger partial charge in [-0.2, -0.15) is 4.39 Å². The number of carboxylic acids is 1. The average Bonchev–Trinajstić information content (AvgIpc) is 2.23. The third-order valence-corrected chi connectivity index (χ3v) is 1.45.